The first kappa shape index (κ1) is 12.6. The maximum atomic E-state index is 11.5. The van der Waals surface area contributed by atoms with E-state index in [2.05, 4.69) is 11.3 Å². The highest BCUT2D eigenvalue weighted by atomic mass is 32.2. The normalized spacial score (nSPS) is 11.0. The minimum absolute atomic E-state index is 0.185. The average Bonchev–Trinajstić information content (AvgIpc) is 2.27. The van der Waals surface area contributed by atoms with E-state index < -0.39 is 10.0 Å². The number of benzene rings is 1. The molecule has 0 spiro atoms. The molecule has 0 aromatic heterocycles. The van der Waals surface area contributed by atoms with Crippen LogP contribution in [-0.2, 0) is 10.0 Å². The molecule has 16 heavy (non-hydrogen) atoms. The van der Waals surface area contributed by atoms with Gasteiger partial charge in [0.25, 0.3) is 0 Å². The van der Waals surface area contributed by atoms with Crippen LogP contribution in [0.4, 0.5) is 0 Å². The largest absolute Gasteiger partial charge is 0.293 e. The average molecular weight is 239 g/mol. The maximum Gasteiger partial charge on any atom is 0.215 e. The van der Waals surface area contributed by atoms with E-state index in [1.165, 1.54) is 6.08 Å². The lowest BCUT2D eigenvalue weighted by atomic mass is 10.1. The van der Waals surface area contributed by atoms with Gasteiger partial charge in [-0.25, -0.2) is 13.1 Å². The van der Waals surface area contributed by atoms with Gasteiger partial charge in [-0.15, -0.1) is 6.58 Å². The van der Waals surface area contributed by atoms with E-state index in [9.17, 15) is 13.2 Å². The van der Waals surface area contributed by atoms with E-state index >= 15 is 0 Å². The van der Waals surface area contributed by atoms with Gasteiger partial charge in [0.15, 0.2) is 5.78 Å². The van der Waals surface area contributed by atoms with E-state index in [-0.39, 0.29) is 18.1 Å². The lowest BCUT2D eigenvalue weighted by Crippen LogP contribution is -2.31. The topological polar surface area (TPSA) is 63.2 Å². The van der Waals surface area contributed by atoms with E-state index in [1.807, 2.05) is 0 Å². The maximum absolute atomic E-state index is 11.5. The molecule has 1 rings (SSSR count). The van der Waals surface area contributed by atoms with Crippen molar-refractivity contribution in [2.24, 2.45) is 0 Å². The minimum Gasteiger partial charge on any atom is -0.293 e. The molecule has 0 aliphatic carbocycles. The van der Waals surface area contributed by atoms with Crippen LogP contribution in [0.5, 0.6) is 0 Å². The van der Waals surface area contributed by atoms with Gasteiger partial charge in [0.1, 0.15) is 0 Å². The van der Waals surface area contributed by atoms with Crippen molar-refractivity contribution < 1.29 is 13.2 Å². The Kier molecular flexibility index (Phi) is 4.39. The standard InChI is InChI=1S/C11H13NO3S/c1-2-8-16(14,15)12-9-11(13)10-6-4-3-5-7-10/h2-7,12H,1,8-9H2. The van der Waals surface area contributed by atoms with Crippen LogP contribution in [0.3, 0.4) is 0 Å². The highest BCUT2D eigenvalue weighted by molar-refractivity contribution is 7.89. The van der Waals surface area contributed by atoms with Crippen LogP contribution in [0.1, 0.15) is 10.4 Å². The molecule has 0 fully saturated rings. The monoisotopic (exact) mass is 239 g/mol. The van der Waals surface area contributed by atoms with Gasteiger partial charge >= 0.3 is 0 Å². The molecule has 0 aliphatic heterocycles. The highest BCUT2D eigenvalue weighted by Gasteiger charge is 2.11. The number of nitrogens with one attached hydrogen (secondary N) is 1. The van der Waals surface area contributed by atoms with Crippen molar-refractivity contribution in [2.45, 2.75) is 0 Å². The Morgan fingerprint density at radius 2 is 1.94 bits per heavy atom. The van der Waals surface area contributed by atoms with Crippen molar-refractivity contribution in [3.8, 4) is 0 Å². The number of ketones is 1. The molecule has 86 valence electrons. The van der Waals surface area contributed by atoms with Crippen molar-refractivity contribution in [3.63, 3.8) is 0 Å². The first-order valence-corrected chi connectivity index (χ1v) is 6.37. The second-order valence-electron chi connectivity index (χ2n) is 3.18. The molecule has 1 N–H and O–H groups in total. The van der Waals surface area contributed by atoms with Crippen LogP contribution < -0.4 is 4.72 Å². The minimum atomic E-state index is -3.42. The van der Waals surface area contributed by atoms with Crippen molar-refractivity contribution in [1.29, 1.82) is 0 Å². The molecular formula is C11H13NO3S. The van der Waals surface area contributed by atoms with Gasteiger partial charge in [0.2, 0.25) is 10.0 Å². The summed E-state index contributed by atoms with van der Waals surface area (Å²) in [6.07, 6.45) is 1.27. The summed E-state index contributed by atoms with van der Waals surface area (Å²) in [6, 6.07) is 8.53. The third-order valence-corrected chi connectivity index (χ3v) is 3.14. The molecule has 0 bridgehead atoms. The zero-order valence-electron chi connectivity index (χ0n) is 8.72. The Morgan fingerprint density at radius 1 is 1.31 bits per heavy atom. The van der Waals surface area contributed by atoms with Crippen LogP contribution >= 0.6 is 0 Å². The Balaban J connectivity index is 2.58. The molecule has 0 unspecified atom stereocenters. The smallest absolute Gasteiger partial charge is 0.215 e. The lowest BCUT2D eigenvalue weighted by Gasteiger charge is -2.03. The van der Waals surface area contributed by atoms with Gasteiger partial charge in [-0.3, -0.25) is 4.79 Å². The zero-order chi connectivity index (χ0) is 12.0. The number of carbonyl (C=O) groups is 1. The Labute approximate surface area is 95.0 Å². The van der Waals surface area contributed by atoms with E-state index in [1.54, 1.807) is 30.3 Å². The molecule has 1 aromatic rings. The second-order valence-corrected chi connectivity index (χ2v) is 5.03. The van der Waals surface area contributed by atoms with Crippen LogP contribution in [0.15, 0.2) is 43.0 Å². The summed E-state index contributed by atoms with van der Waals surface area (Å²) in [5, 5.41) is 0. The number of hydrogen-bond acceptors (Lipinski definition) is 3. The lowest BCUT2D eigenvalue weighted by molar-refractivity contribution is 0.0997. The number of Topliss-reactive ketones (excluding diaryl/α,β-unsaturated/α-hetero) is 1. The van der Waals surface area contributed by atoms with E-state index in [4.69, 9.17) is 0 Å². The first-order valence-electron chi connectivity index (χ1n) is 4.71. The molecule has 0 amide bonds. The molecule has 1 aromatic carbocycles. The quantitative estimate of drug-likeness (QED) is 0.594. The summed E-state index contributed by atoms with van der Waals surface area (Å²) in [5.74, 6) is -0.442. The summed E-state index contributed by atoms with van der Waals surface area (Å²) >= 11 is 0. The van der Waals surface area contributed by atoms with E-state index in [0.717, 1.165) is 0 Å². The number of hydrogen-bond donors (Lipinski definition) is 1. The van der Waals surface area contributed by atoms with Gasteiger partial charge < -0.3 is 0 Å². The first-order chi connectivity index (χ1) is 7.55. The SMILES string of the molecule is C=CCS(=O)(=O)NCC(=O)c1ccccc1. The summed E-state index contributed by atoms with van der Waals surface area (Å²) in [7, 11) is -3.42. The fourth-order valence-corrected chi connectivity index (χ4v) is 1.89. The second kappa shape index (κ2) is 5.58. The molecule has 0 saturated carbocycles. The van der Waals surface area contributed by atoms with Crippen molar-refractivity contribution in [2.75, 3.05) is 12.3 Å². The third-order valence-electron chi connectivity index (χ3n) is 1.89. The van der Waals surface area contributed by atoms with Gasteiger partial charge in [-0.2, -0.15) is 0 Å². The van der Waals surface area contributed by atoms with Gasteiger partial charge in [0.05, 0.1) is 12.3 Å². The number of rotatable bonds is 6. The summed E-state index contributed by atoms with van der Waals surface area (Å²) < 4.78 is 24.7. The Hall–Kier alpha value is -1.46. The van der Waals surface area contributed by atoms with E-state index in [0.29, 0.717) is 5.56 Å². The molecule has 4 nitrogen and oxygen atoms in total. The third kappa shape index (κ3) is 3.96. The fourth-order valence-electron chi connectivity index (χ4n) is 1.12. The molecule has 0 atom stereocenters. The van der Waals surface area contributed by atoms with Gasteiger partial charge in [0, 0.05) is 5.56 Å². The Morgan fingerprint density at radius 3 is 2.50 bits per heavy atom. The predicted molar refractivity (Wildman–Crippen MR) is 62.8 cm³/mol. The summed E-state index contributed by atoms with van der Waals surface area (Å²) in [5.41, 5.74) is 0.490. The molecule has 0 saturated heterocycles. The summed E-state index contributed by atoms with van der Waals surface area (Å²) in [6.45, 7) is 3.11. The van der Waals surface area contributed by atoms with Crippen molar-refractivity contribution >= 4 is 15.8 Å². The highest BCUT2D eigenvalue weighted by Crippen LogP contribution is 1.99. The zero-order valence-corrected chi connectivity index (χ0v) is 9.53. The Bertz CT molecular complexity index is 465. The molecule has 0 heterocycles. The van der Waals surface area contributed by atoms with Crippen LogP contribution in [0.25, 0.3) is 0 Å². The predicted octanol–water partition coefficient (Wildman–Crippen LogP) is 0.975. The van der Waals surface area contributed by atoms with Crippen molar-refractivity contribution in [1.82, 2.24) is 4.72 Å². The van der Waals surface area contributed by atoms with Crippen LogP contribution in [0.2, 0.25) is 0 Å². The fraction of sp³-hybridized carbons (Fsp3) is 0.182. The molecule has 0 aliphatic rings. The molecular weight excluding hydrogens is 226 g/mol. The van der Waals surface area contributed by atoms with Gasteiger partial charge in [-0.05, 0) is 0 Å². The van der Waals surface area contributed by atoms with Crippen LogP contribution in [-0.4, -0.2) is 26.5 Å². The number of sulfonamides is 1. The van der Waals surface area contributed by atoms with Gasteiger partial charge in [-0.1, -0.05) is 36.4 Å². The van der Waals surface area contributed by atoms with Crippen molar-refractivity contribution in [3.05, 3.63) is 48.6 Å². The molecule has 0 radical (unpaired) electrons. The number of carbonyl (C=O) groups excluding carboxylic acids is 1. The summed E-state index contributed by atoms with van der Waals surface area (Å²) in [4.78, 5) is 11.5. The molecule has 5 heteroatoms. The van der Waals surface area contributed by atoms with Crippen LogP contribution in [0, 0.1) is 0 Å².